The van der Waals surface area contributed by atoms with Crippen LogP contribution in [0.1, 0.15) is 0 Å². The van der Waals surface area contributed by atoms with E-state index in [-0.39, 0.29) is 0 Å². The molecule has 56 heavy (non-hydrogen) atoms. The fraction of sp³-hybridized carbons (Fsp3) is 0. The Morgan fingerprint density at radius 1 is 0.304 bits per heavy atom. The molecule has 264 valence electrons. The molecular weight excluding hydrogens is 677 g/mol. The molecule has 0 spiro atoms. The van der Waals surface area contributed by atoms with E-state index in [1.807, 2.05) is 0 Å². The van der Waals surface area contributed by atoms with Gasteiger partial charge in [-0.1, -0.05) is 164 Å². The molecule has 1 N–H and O–H groups in total. The lowest BCUT2D eigenvalue weighted by Gasteiger charge is -2.26. The van der Waals surface area contributed by atoms with E-state index in [4.69, 9.17) is 0 Å². The standard InChI is InChI=1S/C54H38N2/c1-3-13-38(14-4-1)40-23-30-45(31-24-40)56(46-32-25-41(26-33-46)39-15-5-2-6-16-39)47-34-28-44(29-35-47)55-53-22-12-11-21-50(53)52-37-43-18-8-9-19-48(43)51-36-27-42-17-7-10-20-49(42)54(51)52/h1-37,55H. The molecule has 0 saturated heterocycles. The van der Waals surface area contributed by atoms with E-state index in [9.17, 15) is 0 Å². The fourth-order valence-corrected chi connectivity index (χ4v) is 8.09. The van der Waals surface area contributed by atoms with Crippen molar-refractivity contribution >= 4 is 60.8 Å². The van der Waals surface area contributed by atoms with Crippen LogP contribution in [0.15, 0.2) is 224 Å². The Kier molecular flexibility index (Phi) is 8.55. The van der Waals surface area contributed by atoms with Gasteiger partial charge in [0.15, 0.2) is 0 Å². The first-order valence-electron chi connectivity index (χ1n) is 19.2. The Morgan fingerprint density at radius 2 is 0.786 bits per heavy atom. The Labute approximate surface area is 327 Å². The van der Waals surface area contributed by atoms with Crippen LogP contribution in [0.25, 0.3) is 65.7 Å². The van der Waals surface area contributed by atoms with Crippen molar-refractivity contribution in [3.8, 4) is 33.4 Å². The molecule has 0 amide bonds. The van der Waals surface area contributed by atoms with Crippen LogP contribution in [0, 0.1) is 0 Å². The molecule has 0 radical (unpaired) electrons. The summed E-state index contributed by atoms with van der Waals surface area (Å²) in [6, 6.07) is 80.6. The normalized spacial score (nSPS) is 11.2. The molecule has 0 aliphatic heterocycles. The quantitative estimate of drug-likeness (QED) is 0.158. The zero-order chi connectivity index (χ0) is 37.3. The minimum atomic E-state index is 1.02. The van der Waals surface area contributed by atoms with E-state index in [2.05, 4.69) is 235 Å². The molecule has 10 rings (SSSR count). The molecule has 0 saturated carbocycles. The predicted molar refractivity (Wildman–Crippen MR) is 240 cm³/mol. The van der Waals surface area contributed by atoms with Gasteiger partial charge in [0.05, 0.1) is 0 Å². The van der Waals surface area contributed by atoms with Crippen LogP contribution in [-0.4, -0.2) is 0 Å². The Morgan fingerprint density at radius 3 is 1.41 bits per heavy atom. The monoisotopic (exact) mass is 714 g/mol. The first-order valence-corrected chi connectivity index (χ1v) is 19.2. The minimum absolute atomic E-state index is 1.02. The van der Waals surface area contributed by atoms with Gasteiger partial charge in [-0.25, -0.2) is 0 Å². The second kappa shape index (κ2) is 14.4. The van der Waals surface area contributed by atoms with Crippen molar-refractivity contribution in [3.63, 3.8) is 0 Å². The van der Waals surface area contributed by atoms with Gasteiger partial charge in [0.25, 0.3) is 0 Å². The second-order valence-electron chi connectivity index (χ2n) is 14.2. The molecule has 0 fully saturated rings. The highest BCUT2D eigenvalue weighted by Gasteiger charge is 2.16. The van der Waals surface area contributed by atoms with Gasteiger partial charge in [-0.2, -0.15) is 0 Å². The van der Waals surface area contributed by atoms with E-state index >= 15 is 0 Å². The van der Waals surface area contributed by atoms with Gasteiger partial charge >= 0.3 is 0 Å². The van der Waals surface area contributed by atoms with Crippen LogP contribution in [0.3, 0.4) is 0 Å². The van der Waals surface area contributed by atoms with Gasteiger partial charge in [0.1, 0.15) is 0 Å². The molecule has 0 aliphatic rings. The highest BCUT2D eigenvalue weighted by molar-refractivity contribution is 6.23. The summed E-state index contributed by atoms with van der Waals surface area (Å²) in [5.74, 6) is 0. The number of hydrogen-bond donors (Lipinski definition) is 1. The van der Waals surface area contributed by atoms with E-state index in [0.717, 1.165) is 28.4 Å². The number of nitrogens with zero attached hydrogens (tertiary/aromatic N) is 1. The molecule has 0 aliphatic carbocycles. The molecule has 10 aromatic rings. The molecular formula is C54H38N2. The van der Waals surface area contributed by atoms with Crippen molar-refractivity contribution in [2.45, 2.75) is 0 Å². The van der Waals surface area contributed by atoms with E-state index in [1.165, 1.54) is 65.7 Å². The van der Waals surface area contributed by atoms with Gasteiger partial charge in [-0.3, -0.25) is 0 Å². The topological polar surface area (TPSA) is 15.3 Å². The Bertz CT molecular complexity index is 2870. The molecule has 0 heterocycles. The summed E-state index contributed by atoms with van der Waals surface area (Å²) in [6.07, 6.45) is 0. The summed E-state index contributed by atoms with van der Waals surface area (Å²) in [4.78, 5) is 2.33. The number of hydrogen-bond acceptors (Lipinski definition) is 2. The number of nitrogens with one attached hydrogen (secondary N) is 1. The molecule has 10 aromatic carbocycles. The van der Waals surface area contributed by atoms with Crippen LogP contribution in [0.5, 0.6) is 0 Å². The van der Waals surface area contributed by atoms with E-state index in [0.29, 0.717) is 0 Å². The Hall–Kier alpha value is -7.42. The molecule has 0 atom stereocenters. The highest BCUT2D eigenvalue weighted by atomic mass is 15.1. The first kappa shape index (κ1) is 33.2. The smallest absolute Gasteiger partial charge is 0.0464 e. The van der Waals surface area contributed by atoms with Gasteiger partial charge in [-0.05, 0) is 121 Å². The first-order chi connectivity index (χ1) is 27.8. The predicted octanol–water partition coefficient (Wildman–Crippen LogP) is 15.4. The third-order valence-corrected chi connectivity index (χ3v) is 10.8. The van der Waals surface area contributed by atoms with Crippen molar-refractivity contribution in [3.05, 3.63) is 224 Å². The zero-order valence-corrected chi connectivity index (χ0v) is 30.8. The molecule has 2 nitrogen and oxygen atoms in total. The average Bonchev–Trinajstić information content (AvgIpc) is 3.28. The van der Waals surface area contributed by atoms with Crippen molar-refractivity contribution in [1.82, 2.24) is 0 Å². The third kappa shape index (κ3) is 6.24. The largest absolute Gasteiger partial charge is 0.355 e. The van der Waals surface area contributed by atoms with Crippen LogP contribution in [-0.2, 0) is 0 Å². The summed E-state index contributed by atoms with van der Waals surface area (Å²) >= 11 is 0. The van der Waals surface area contributed by atoms with Crippen LogP contribution < -0.4 is 10.2 Å². The molecule has 0 bridgehead atoms. The number of rotatable bonds is 8. The number of anilines is 5. The summed E-state index contributed by atoms with van der Waals surface area (Å²) in [5.41, 5.74) is 12.6. The van der Waals surface area contributed by atoms with Crippen molar-refractivity contribution < 1.29 is 0 Å². The van der Waals surface area contributed by atoms with Crippen molar-refractivity contribution in [1.29, 1.82) is 0 Å². The molecule has 0 aromatic heterocycles. The number of fused-ring (bicyclic) bond motifs is 5. The van der Waals surface area contributed by atoms with Gasteiger partial charge in [-0.15, -0.1) is 0 Å². The molecule has 0 unspecified atom stereocenters. The van der Waals surface area contributed by atoms with Crippen LogP contribution >= 0.6 is 0 Å². The summed E-state index contributed by atoms with van der Waals surface area (Å²) in [5, 5.41) is 11.4. The van der Waals surface area contributed by atoms with Gasteiger partial charge in [0, 0.05) is 34.0 Å². The third-order valence-electron chi connectivity index (χ3n) is 10.8. The maximum atomic E-state index is 3.81. The van der Waals surface area contributed by atoms with Crippen molar-refractivity contribution in [2.75, 3.05) is 10.2 Å². The van der Waals surface area contributed by atoms with Crippen LogP contribution in [0.2, 0.25) is 0 Å². The summed E-state index contributed by atoms with van der Waals surface area (Å²) in [7, 11) is 0. The highest BCUT2D eigenvalue weighted by Crippen LogP contribution is 2.43. The minimum Gasteiger partial charge on any atom is -0.355 e. The Balaban J connectivity index is 1.03. The lowest BCUT2D eigenvalue weighted by Crippen LogP contribution is -2.10. The molecule has 2 heteroatoms. The number of para-hydroxylation sites is 1. The van der Waals surface area contributed by atoms with Crippen molar-refractivity contribution in [2.24, 2.45) is 0 Å². The SMILES string of the molecule is c1ccc(-c2ccc(N(c3ccc(Nc4ccccc4-c4cc5ccccc5c5ccc6ccccc6c45)cc3)c3ccc(-c4ccccc4)cc3)cc2)cc1. The van der Waals surface area contributed by atoms with Gasteiger partial charge in [0.2, 0.25) is 0 Å². The second-order valence-corrected chi connectivity index (χ2v) is 14.2. The van der Waals surface area contributed by atoms with E-state index in [1.54, 1.807) is 0 Å². The van der Waals surface area contributed by atoms with Crippen LogP contribution in [0.4, 0.5) is 28.4 Å². The lowest BCUT2D eigenvalue weighted by atomic mass is 9.89. The maximum absolute atomic E-state index is 3.81. The van der Waals surface area contributed by atoms with Gasteiger partial charge < -0.3 is 10.2 Å². The summed E-state index contributed by atoms with van der Waals surface area (Å²) in [6.45, 7) is 0. The summed E-state index contributed by atoms with van der Waals surface area (Å²) < 4.78 is 0. The van der Waals surface area contributed by atoms with E-state index < -0.39 is 0 Å². The number of benzene rings is 10. The average molecular weight is 715 g/mol. The zero-order valence-electron chi connectivity index (χ0n) is 30.8. The fourth-order valence-electron chi connectivity index (χ4n) is 8.09. The maximum Gasteiger partial charge on any atom is 0.0464 e. The lowest BCUT2D eigenvalue weighted by molar-refractivity contribution is 1.28.